The summed E-state index contributed by atoms with van der Waals surface area (Å²) in [6, 6.07) is 14.0. The third-order valence-electron chi connectivity index (χ3n) is 3.41. The van der Waals surface area contributed by atoms with Crippen molar-refractivity contribution in [2.75, 3.05) is 19.5 Å². The Morgan fingerprint density at radius 1 is 1.04 bits per heavy atom. The van der Waals surface area contributed by atoms with Gasteiger partial charge in [-0.15, -0.1) is 0 Å². The second-order valence-electron chi connectivity index (χ2n) is 5.21. The Hall–Kier alpha value is -3.19. The van der Waals surface area contributed by atoms with Crippen LogP contribution in [-0.4, -0.2) is 31.1 Å². The van der Waals surface area contributed by atoms with Crippen LogP contribution < -0.4 is 20.7 Å². The van der Waals surface area contributed by atoms with Crippen molar-refractivity contribution >= 4 is 40.9 Å². The van der Waals surface area contributed by atoms with Crippen LogP contribution in [0.4, 0.5) is 5.69 Å². The lowest BCUT2D eigenvalue weighted by atomic mass is 10.2. The number of ether oxygens (including phenoxy) is 1. The molecule has 134 valence electrons. The maximum Gasteiger partial charge on any atom is 0.251 e. The zero-order valence-corrected chi connectivity index (χ0v) is 15.2. The van der Waals surface area contributed by atoms with Crippen molar-refractivity contribution in [2.24, 2.45) is 0 Å². The van der Waals surface area contributed by atoms with Crippen LogP contribution in [0.1, 0.15) is 15.9 Å². The summed E-state index contributed by atoms with van der Waals surface area (Å²) < 4.78 is 5.08. The first-order valence-electron chi connectivity index (χ1n) is 7.78. The normalized spacial score (nSPS) is 10.2. The van der Waals surface area contributed by atoms with Gasteiger partial charge in [-0.3, -0.25) is 14.9 Å². The van der Waals surface area contributed by atoms with Gasteiger partial charge < -0.3 is 15.4 Å². The minimum atomic E-state index is -0.347. The zero-order chi connectivity index (χ0) is 18.9. The van der Waals surface area contributed by atoms with E-state index in [0.717, 1.165) is 11.3 Å². The van der Waals surface area contributed by atoms with E-state index in [4.69, 9.17) is 17.0 Å². The van der Waals surface area contributed by atoms with Gasteiger partial charge in [0.25, 0.3) is 5.91 Å². The first kappa shape index (κ1) is 19.1. The molecule has 0 saturated heterocycles. The Labute approximate surface area is 157 Å². The minimum Gasteiger partial charge on any atom is -0.497 e. The molecule has 6 nitrogen and oxygen atoms in total. The Balaban J connectivity index is 1.87. The summed E-state index contributed by atoms with van der Waals surface area (Å²) in [6.45, 7) is 0. The van der Waals surface area contributed by atoms with Crippen molar-refractivity contribution in [3.63, 3.8) is 0 Å². The van der Waals surface area contributed by atoms with Gasteiger partial charge in [-0.2, -0.15) is 0 Å². The van der Waals surface area contributed by atoms with E-state index < -0.39 is 0 Å². The highest BCUT2D eigenvalue weighted by atomic mass is 32.1. The van der Waals surface area contributed by atoms with Crippen LogP contribution in [0.15, 0.2) is 54.6 Å². The third-order valence-corrected chi connectivity index (χ3v) is 3.62. The number of nitrogens with one attached hydrogen (secondary N) is 3. The highest BCUT2D eigenvalue weighted by Gasteiger charge is 2.04. The predicted octanol–water partition coefficient (Wildman–Crippen LogP) is 2.58. The van der Waals surface area contributed by atoms with Crippen LogP contribution in [0, 0.1) is 0 Å². The van der Waals surface area contributed by atoms with Gasteiger partial charge in [0.1, 0.15) is 5.75 Å². The number of carbonyl (C=O) groups is 2. The van der Waals surface area contributed by atoms with E-state index in [2.05, 4.69) is 16.0 Å². The number of amides is 2. The van der Waals surface area contributed by atoms with E-state index in [-0.39, 0.29) is 16.9 Å². The van der Waals surface area contributed by atoms with E-state index in [1.807, 2.05) is 24.3 Å². The van der Waals surface area contributed by atoms with Gasteiger partial charge in [-0.1, -0.05) is 12.1 Å². The second-order valence-corrected chi connectivity index (χ2v) is 5.61. The highest BCUT2D eigenvalue weighted by molar-refractivity contribution is 7.80. The summed E-state index contributed by atoms with van der Waals surface area (Å²) >= 11 is 5.11. The highest BCUT2D eigenvalue weighted by Crippen LogP contribution is 2.12. The molecule has 7 heteroatoms. The van der Waals surface area contributed by atoms with Crippen molar-refractivity contribution in [2.45, 2.75) is 0 Å². The molecule has 0 unspecified atom stereocenters. The fourth-order valence-electron chi connectivity index (χ4n) is 2.05. The summed E-state index contributed by atoms with van der Waals surface area (Å²) in [5.41, 5.74) is 2.07. The molecular weight excluding hydrogens is 350 g/mol. The van der Waals surface area contributed by atoms with Crippen LogP contribution >= 0.6 is 12.2 Å². The Kier molecular flexibility index (Phi) is 6.87. The van der Waals surface area contributed by atoms with Gasteiger partial charge in [0.2, 0.25) is 5.91 Å². The lowest BCUT2D eigenvalue weighted by molar-refractivity contribution is -0.115. The van der Waals surface area contributed by atoms with Gasteiger partial charge in [-0.05, 0) is 60.3 Å². The molecule has 0 aliphatic carbocycles. The maximum atomic E-state index is 11.9. The van der Waals surface area contributed by atoms with E-state index >= 15 is 0 Å². The predicted molar refractivity (Wildman–Crippen MR) is 106 cm³/mol. The number of methoxy groups -OCH3 is 1. The molecule has 0 radical (unpaired) electrons. The number of hydrogen-bond donors (Lipinski definition) is 3. The second kappa shape index (κ2) is 9.33. The standard InChI is InChI=1S/C19H19N3O3S/c1-20-18(24)14-6-8-15(9-7-14)21-19(26)22-17(23)12-5-13-3-10-16(25-2)11-4-13/h3-12H,1-2H3,(H,20,24)(H2,21,22,23,26)/b12-5+. The number of hydrogen-bond acceptors (Lipinski definition) is 4. The largest absolute Gasteiger partial charge is 0.497 e. The number of benzene rings is 2. The van der Waals surface area contributed by atoms with Crippen LogP contribution in [0.5, 0.6) is 5.75 Å². The summed E-state index contributed by atoms with van der Waals surface area (Å²) in [6.07, 6.45) is 3.07. The molecule has 2 aromatic rings. The summed E-state index contributed by atoms with van der Waals surface area (Å²) in [5.74, 6) is 0.232. The third kappa shape index (κ3) is 5.71. The molecule has 26 heavy (non-hydrogen) atoms. The average Bonchev–Trinajstić information content (AvgIpc) is 2.66. The molecular formula is C19H19N3O3S. The van der Waals surface area contributed by atoms with Crippen molar-refractivity contribution < 1.29 is 14.3 Å². The van der Waals surface area contributed by atoms with Crippen molar-refractivity contribution in [1.29, 1.82) is 0 Å². The summed E-state index contributed by atoms with van der Waals surface area (Å²) in [7, 11) is 3.16. The molecule has 0 aliphatic rings. The molecule has 0 heterocycles. The van der Waals surface area contributed by atoms with Gasteiger partial charge in [0, 0.05) is 24.4 Å². The van der Waals surface area contributed by atoms with Crippen LogP contribution in [0.3, 0.4) is 0 Å². The summed E-state index contributed by atoms with van der Waals surface area (Å²) in [5, 5.41) is 8.16. The number of carbonyl (C=O) groups excluding carboxylic acids is 2. The molecule has 0 aromatic heterocycles. The molecule has 0 spiro atoms. The zero-order valence-electron chi connectivity index (χ0n) is 14.4. The first-order valence-corrected chi connectivity index (χ1v) is 8.19. The monoisotopic (exact) mass is 369 g/mol. The van der Waals surface area contributed by atoms with E-state index in [1.165, 1.54) is 6.08 Å². The van der Waals surface area contributed by atoms with Gasteiger partial charge in [-0.25, -0.2) is 0 Å². The molecule has 0 atom stereocenters. The topological polar surface area (TPSA) is 79.5 Å². The molecule has 3 N–H and O–H groups in total. The van der Waals surface area contributed by atoms with Crippen molar-refractivity contribution in [3.8, 4) is 5.75 Å². The fraction of sp³-hybridized carbons (Fsp3) is 0.105. The minimum absolute atomic E-state index is 0.169. The van der Waals surface area contributed by atoms with Gasteiger partial charge in [0.15, 0.2) is 5.11 Å². The quantitative estimate of drug-likeness (QED) is 0.558. The molecule has 0 bridgehead atoms. The first-order chi connectivity index (χ1) is 12.5. The fourth-order valence-corrected chi connectivity index (χ4v) is 2.27. The van der Waals surface area contributed by atoms with Crippen LogP contribution in [-0.2, 0) is 4.79 Å². The van der Waals surface area contributed by atoms with E-state index in [1.54, 1.807) is 44.5 Å². The molecule has 2 aromatic carbocycles. The molecule has 0 aliphatic heterocycles. The molecule has 0 saturated carbocycles. The Morgan fingerprint density at radius 3 is 2.27 bits per heavy atom. The van der Waals surface area contributed by atoms with E-state index in [9.17, 15) is 9.59 Å². The van der Waals surface area contributed by atoms with Crippen molar-refractivity contribution in [3.05, 3.63) is 65.7 Å². The lowest BCUT2D eigenvalue weighted by Crippen LogP contribution is -2.32. The average molecular weight is 369 g/mol. The number of anilines is 1. The van der Waals surface area contributed by atoms with Gasteiger partial charge in [0.05, 0.1) is 7.11 Å². The van der Waals surface area contributed by atoms with Gasteiger partial charge >= 0.3 is 0 Å². The maximum absolute atomic E-state index is 11.9. The molecule has 0 fully saturated rings. The SMILES string of the molecule is CNC(=O)c1ccc(NC(=S)NC(=O)/C=C/c2ccc(OC)cc2)cc1. The van der Waals surface area contributed by atoms with Crippen LogP contribution in [0.25, 0.3) is 6.08 Å². The number of rotatable bonds is 5. The van der Waals surface area contributed by atoms with Crippen molar-refractivity contribution in [1.82, 2.24) is 10.6 Å². The van der Waals surface area contributed by atoms with Crippen LogP contribution in [0.2, 0.25) is 0 Å². The smallest absolute Gasteiger partial charge is 0.251 e. The summed E-state index contributed by atoms with van der Waals surface area (Å²) in [4.78, 5) is 23.4. The lowest BCUT2D eigenvalue weighted by Gasteiger charge is -2.08. The molecule has 2 rings (SSSR count). The van der Waals surface area contributed by atoms with E-state index in [0.29, 0.717) is 11.3 Å². The number of thiocarbonyl (C=S) groups is 1. The Morgan fingerprint density at radius 2 is 1.69 bits per heavy atom. The Bertz CT molecular complexity index is 815. The molecule has 2 amide bonds.